The first kappa shape index (κ1) is 19.7. The molecule has 0 unspecified atom stereocenters. The summed E-state index contributed by atoms with van der Waals surface area (Å²) >= 11 is 0. The largest absolute Gasteiger partial charge is 0.382 e. The van der Waals surface area contributed by atoms with E-state index in [1.54, 1.807) is 12.1 Å². The molecule has 4 nitrogen and oxygen atoms in total. The SMILES string of the molecule is CCNC(=NCc1ccc(F)cc1)NCC1(CCOCC)CCCC1. The number of aliphatic imine (C=N–C) groups is 1. The van der Waals surface area contributed by atoms with Crippen LogP contribution in [-0.2, 0) is 11.3 Å². The van der Waals surface area contributed by atoms with Gasteiger partial charge in [0.25, 0.3) is 0 Å². The monoisotopic (exact) mass is 349 g/mol. The maximum Gasteiger partial charge on any atom is 0.191 e. The molecule has 1 aromatic carbocycles. The van der Waals surface area contributed by atoms with Crippen molar-refractivity contribution < 1.29 is 9.13 Å². The average molecular weight is 349 g/mol. The molecule has 0 aliphatic heterocycles. The topological polar surface area (TPSA) is 45.7 Å². The molecule has 0 spiro atoms. The van der Waals surface area contributed by atoms with E-state index in [1.165, 1.54) is 37.8 Å². The van der Waals surface area contributed by atoms with Crippen LogP contribution in [0.3, 0.4) is 0 Å². The standard InChI is InChI=1S/C20H32FN3O/c1-3-22-19(23-15-17-7-9-18(21)10-8-17)24-16-20(11-5-6-12-20)13-14-25-4-2/h7-10H,3-6,11-16H2,1-2H3,(H2,22,23,24). The van der Waals surface area contributed by atoms with Crippen molar-refractivity contribution in [2.24, 2.45) is 10.4 Å². The van der Waals surface area contributed by atoms with Crippen molar-refractivity contribution in [2.75, 3.05) is 26.3 Å². The Kier molecular flexibility index (Phi) is 8.19. The zero-order chi connectivity index (χ0) is 18.0. The molecule has 1 saturated carbocycles. The number of guanidine groups is 1. The van der Waals surface area contributed by atoms with Gasteiger partial charge in [-0.3, -0.25) is 0 Å². The van der Waals surface area contributed by atoms with E-state index in [4.69, 9.17) is 4.74 Å². The van der Waals surface area contributed by atoms with Crippen molar-refractivity contribution in [3.05, 3.63) is 35.6 Å². The second-order valence-electron chi connectivity index (χ2n) is 6.83. The summed E-state index contributed by atoms with van der Waals surface area (Å²) in [5.41, 5.74) is 1.33. The average Bonchev–Trinajstić information content (AvgIpc) is 3.08. The van der Waals surface area contributed by atoms with E-state index >= 15 is 0 Å². The van der Waals surface area contributed by atoms with Crippen LogP contribution in [0, 0.1) is 11.2 Å². The summed E-state index contributed by atoms with van der Waals surface area (Å²) in [6, 6.07) is 6.52. The van der Waals surface area contributed by atoms with Gasteiger partial charge in [-0.2, -0.15) is 0 Å². The second-order valence-corrected chi connectivity index (χ2v) is 6.83. The minimum atomic E-state index is -0.213. The lowest BCUT2D eigenvalue weighted by molar-refractivity contribution is 0.105. The number of rotatable bonds is 9. The molecule has 140 valence electrons. The van der Waals surface area contributed by atoms with Crippen LogP contribution in [0.15, 0.2) is 29.3 Å². The van der Waals surface area contributed by atoms with Crippen molar-refractivity contribution >= 4 is 5.96 Å². The molecule has 0 aromatic heterocycles. The molecule has 5 heteroatoms. The minimum absolute atomic E-state index is 0.213. The Balaban J connectivity index is 1.92. The van der Waals surface area contributed by atoms with E-state index in [2.05, 4.69) is 22.5 Å². The van der Waals surface area contributed by atoms with E-state index in [0.29, 0.717) is 12.0 Å². The van der Waals surface area contributed by atoms with Crippen molar-refractivity contribution in [3.63, 3.8) is 0 Å². The summed E-state index contributed by atoms with van der Waals surface area (Å²) in [5.74, 6) is 0.616. The van der Waals surface area contributed by atoms with Crippen molar-refractivity contribution in [2.45, 2.75) is 52.5 Å². The number of ether oxygens (including phenoxy) is 1. The molecule has 0 amide bonds. The summed E-state index contributed by atoms with van der Waals surface area (Å²) in [4.78, 5) is 4.64. The van der Waals surface area contributed by atoms with E-state index in [0.717, 1.165) is 44.2 Å². The molecule has 0 saturated heterocycles. The fourth-order valence-corrected chi connectivity index (χ4v) is 3.45. The predicted molar refractivity (Wildman–Crippen MR) is 101 cm³/mol. The number of benzene rings is 1. The maximum atomic E-state index is 13.0. The van der Waals surface area contributed by atoms with Crippen LogP contribution in [0.4, 0.5) is 4.39 Å². The van der Waals surface area contributed by atoms with Gasteiger partial charge in [-0.15, -0.1) is 0 Å². The molecule has 2 N–H and O–H groups in total. The molecule has 25 heavy (non-hydrogen) atoms. The summed E-state index contributed by atoms with van der Waals surface area (Å²) in [6.07, 6.45) is 6.22. The smallest absolute Gasteiger partial charge is 0.191 e. The molecular weight excluding hydrogens is 317 g/mol. The number of halogens is 1. The molecule has 0 bridgehead atoms. The Morgan fingerprint density at radius 3 is 2.52 bits per heavy atom. The molecule has 1 aliphatic carbocycles. The van der Waals surface area contributed by atoms with Gasteiger partial charge >= 0.3 is 0 Å². The van der Waals surface area contributed by atoms with E-state index in [-0.39, 0.29) is 5.82 Å². The number of nitrogens with zero attached hydrogens (tertiary/aromatic N) is 1. The molecule has 0 heterocycles. The fourth-order valence-electron chi connectivity index (χ4n) is 3.45. The van der Waals surface area contributed by atoms with E-state index in [1.807, 2.05) is 6.92 Å². The molecular formula is C20H32FN3O. The second kappa shape index (κ2) is 10.4. The molecule has 1 aliphatic rings. The quantitative estimate of drug-likeness (QED) is 0.404. The predicted octanol–water partition coefficient (Wildman–Crippen LogP) is 3.87. The normalized spacial score (nSPS) is 16.8. The Morgan fingerprint density at radius 2 is 1.88 bits per heavy atom. The van der Waals surface area contributed by atoms with Crippen molar-refractivity contribution in [1.82, 2.24) is 10.6 Å². The van der Waals surface area contributed by atoms with Crippen LogP contribution in [0.5, 0.6) is 0 Å². The van der Waals surface area contributed by atoms with E-state index in [9.17, 15) is 4.39 Å². The van der Waals surface area contributed by atoms with Crippen LogP contribution < -0.4 is 10.6 Å². The molecule has 1 aromatic rings. The van der Waals surface area contributed by atoms with E-state index < -0.39 is 0 Å². The lowest BCUT2D eigenvalue weighted by Gasteiger charge is -2.30. The Morgan fingerprint density at radius 1 is 1.16 bits per heavy atom. The van der Waals surface area contributed by atoms with Gasteiger partial charge in [-0.25, -0.2) is 9.38 Å². The summed E-state index contributed by atoms with van der Waals surface area (Å²) in [7, 11) is 0. The van der Waals surface area contributed by atoms with Gasteiger partial charge in [0.1, 0.15) is 5.82 Å². The van der Waals surface area contributed by atoms with Gasteiger partial charge in [0.05, 0.1) is 6.54 Å². The van der Waals surface area contributed by atoms with Crippen LogP contribution in [-0.4, -0.2) is 32.3 Å². The highest BCUT2D eigenvalue weighted by atomic mass is 19.1. The lowest BCUT2D eigenvalue weighted by atomic mass is 9.83. The van der Waals surface area contributed by atoms with Crippen LogP contribution >= 0.6 is 0 Å². The molecule has 0 atom stereocenters. The third kappa shape index (κ3) is 6.65. The maximum absolute atomic E-state index is 13.0. The Labute approximate surface area is 151 Å². The minimum Gasteiger partial charge on any atom is -0.382 e. The van der Waals surface area contributed by atoms with Gasteiger partial charge < -0.3 is 15.4 Å². The van der Waals surface area contributed by atoms with Gasteiger partial charge in [0.2, 0.25) is 0 Å². The third-order valence-electron chi connectivity index (χ3n) is 4.95. The van der Waals surface area contributed by atoms with Gasteiger partial charge in [-0.1, -0.05) is 25.0 Å². The zero-order valence-electron chi connectivity index (χ0n) is 15.6. The molecule has 0 radical (unpaired) electrons. The lowest BCUT2D eigenvalue weighted by Crippen LogP contribution is -2.43. The van der Waals surface area contributed by atoms with Gasteiger partial charge in [-0.05, 0) is 56.2 Å². The number of hydrogen-bond acceptors (Lipinski definition) is 2. The summed E-state index contributed by atoms with van der Waals surface area (Å²) in [6.45, 7) is 8.02. The van der Waals surface area contributed by atoms with Gasteiger partial charge in [0, 0.05) is 26.3 Å². The number of nitrogens with one attached hydrogen (secondary N) is 2. The van der Waals surface area contributed by atoms with Crippen LogP contribution in [0.2, 0.25) is 0 Å². The van der Waals surface area contributed by atoms with Crippen LogP contribution in [0.1, 0.15) is 51.5 Å². The fraction of sp³-hybridized carbons (Fsp3) is 0.650. The van der Waals surface area contributed by atoms with Crippen molar-refractivity contribution in [3.8, 4) is 0 Å². The molecule has 2 rings (SSSR count). The highest BCUT2D eigenvalue weighted by Gasteiger charge is 2.33. The summed E-state index contributed by atoms with van der Waals surface area (Å²) < 4.78 is 18.6. The third-order valence-corrected chi connectivity index (χ3v) is 4.95. The summed E-state index contributed by atoms with van der Waals surface area (Å²) in [5, 5.41) is 6.83. The first-order chi connectivity index (χ1) is 12.2. The van der Waals surface area contributed by atoms with Crippen molar-refractivity contribution in [1.29, 1.82) is 0 Å². The molecule has 1 fully saturated rings. The van der Waals surface area contributed by atoms with Crippen LogP contribution in [0.25, 0.3) is 0 Å². The highest BCUT2D eigenvalue weighted by molar-refractivity contribution is 5.79. The Hall–Kier alpha value is -1.62. The highest BCUT2D eigenvalue weighted by Crippen LogP contribution is 2.40. The first-order valence-electron chi connectivity index (χ1n) is 9.52. The zero-order valence-corrected chi connectivity index (χ0v) is 15.6. The van der Waals surface area contributed by atoms with Gasteiger partial charge in [0.15, 0.2) is 5.96 Å². The number of hydrogen-bond donors (Lipinski definition) is 2. The first-order valence-corrected chi connectivity index (χ1v) is 9.52. The Bertz CT molecular complexity index is 524.